The minimum Gasteiger partial charge on any atom is -0.493 e. The number of nitrogens with zero attached hydrogens (tertiary/aromatic N) is 2. The first kappa shape index (κ1) is 18.9. The highest BCUT2D eigenvalue weighted by Crippen LogP contribution is 2.36. The highest BCUT2D eigenvalue weighted by Gasteiger charge is 2.23. The van der Waals surface area contributed by atoms with Gasteiger partial charge in [0.2, 0.25) is 0 Å². The fraction of sp³-hybridized carbons (Fsp3) is 0.316. The van der Waals surface area contributed by atoms with Crippen LogP contribution in [0.25, 0.3) is 21.3 Å². The van der Waals surface area contributed by atoms with Gasteiger partial charge in [-0.05, 0) is 24.1 Å². The van der Waals surface area contributed by atoms with Crippen molar-refractivity contribution in [3.05, 3.63) is 40.3 Å². The second-order valence-corrected chi connectivity index (χ2v) is 6.66. The molecule has 1 atom stereocenters. The Kier molecular flexibility index (Phi) is 5.46. The standard InChI is InChI=1S/C19H20N2O5S/c1-5-13(19(23)26-4)21-10-20-17-16(18(21)22)12(9-27-17)11-6-7-14(24-2)15(8-11)25-3/h6-10,13H,5H2,1-4H3/t13-/m1/s1. The van der Waals surface area contributed by atoms with E-state index in [0.717, 1.165) is 11.1 Å². The summed E-state index contributed by atoms with van der Waals surface area (Å²) in [6.07, 6.45) is 1.83. The number of hydrogen-bond acceptors (Lipinski definition) is 7. The molecule has 0 unspecified atom stereocenters. The molecule has 7 nitrogen and oxygen atoms in total. The lowest BCUT2D eigenvalue weighted by Gasteiger charge is -2.15. The molecule has 2 heterocycles. The molecule has 27 heavy (non-hydrogen) atoms. The monoisotopic (exact) mass is 388 g/mol. The lowest BCUT2D eigenvalue weighted by Crippen LogP contribution is -2.30. The number of esters is 1. The molecule has 2 aromatic heterocycles. The van der Waals surface area contributed by atoms with Gasteiger partial charge < -0.3 is 14.2 Å². The van der Waals surface area contributed by atoms with Gasteiger partial charge in [0.15, 0.2) is 11.5 Å². The summed E-state index contributed by atoms with van der Waals surface area (Å²) < 4.78 is 16.8. The van der Waals surface area contributed by atoms with Gasteiger partial charge in [0, 0.05) is 10.9 Å². The molecule has 0 aliphatic carbocycles. The number of hydrogen-bond donors (Lipinski definition) is 0. The molecular weight excluding hydrogens is 368 g/mol. The van der Waals surface area contributed by atoms with E-state index in [1.165, 1.54) is 29.3 Å². The Labute approximate surface area is 160 Å². The van der Waals surface area contributed by atoms with Gasteiger partial charge >= 0.3 is 5.97 Å². The molecule has 0 N–H and O–H groups in total. The van der Waals surface area contributed by atoms with Crippen molar-refractivity contribution in [2.45, 2.75) is 19.4 Å². The average molecular weight is 388 g/mol. The smallest absolute Gasteiger partial charge is 0.329 e. The van der Waals surface area contributed by atoms with E-state index in [1.54, 1.807) is 20.3 Å². The SMILES string of the molecule is CC[C@H](C(=O)OC)n1cnc2scc(-c3ccc(OC)c(OC)c3)c2c1=O. The summed E-state index contributed by atoms with van der Waals surface area (Å²) >= 11 is 1.38. The van der Waals surface area contributed by atoms with Crippen LogP contribution in [0, 0.1) is 0 Å². The summed E-state index contributed by atoms with van der Waals surface area (Å²) in [6.45, 7) is 1.82. The molecule has 8 heteroatoms. The number of carbonyl (C=O) groups excluding carboxylic acids is 1. The van der Waals surface area contributed by atoms with Crippen LogP contribution in [0.1, 0.15) is 19.4 Å². The molecule has 0 radical (unpaired) electrons. The number of aromatic nitrogens is 2. The first-order chi connectivity index (χ1) is 13.0. The van der Waals surface area contributed by atoms with E-state index >= 15 is 0 Å². The molecule has 0 saturated heterocycles. The summed E-state index contributed by atoms with van der Waals surface area (Å²) in [7, 11) is 4.43. The largest absolute Gasteiger partial charge is 0.493 e. The number of rotatable bonds is 6. The Morgan fingerprint density at radius 2 is 1.96 bits per heavy atom. The van der Waals surface area contributed by atoms with Crippen molar-refractivity contribution in [2.24, 2.45) is 0 Å². The Balaban J connectivity index is 2.20. The van der Waals surface area contributed by atoms with Gasteiger partial charge in [0.25, 0.3) is 5.56 Å². The maximum Gasteiger partial charge on any atom is 0.329 e. The summed E-state index contributed by atoms with van der Waals surface area (Å²) in [4.78, 5) is 30.2. The van der Waals surface area contributed by atoms with E-state index < -0.39 is 12.0 Å². The van der Waals surface area contributed by atoms with Crippen LogP contribution in [-0.2, 0) is 9.53 Å². The summed E-state index contributed by atoms with van der Waals surface area (Å²) in [5.41, 5.74) is 1.27. The third kappa shape index (κ3) is 3.28. The molecule has 0 bridgehead atoms. The van der Waals surface area contributed by atoms with Crippen LogP contribution in [-0.4, -0.2) is 36.8 Å². The molecular formula is C19H20N2O5S. The van der Waals surface area contributed by atoms with E-state index in [0.29, 0.717) is 28.1 Å². The lowest BCUT2D eigenvalue weighted by atomic mass is 10.1. The first-order valence-electron chi connectivity index (χ1n) is 8.34. The van der Waals surface area contributed by atoms with Crippen molar-refractivity contribution >= 4 is 27.5 Å². The Morgan fingerprint density at radius 3 is 2.59 bits per heavy atom. The van der Waals surface area contributed by atoms with Crippen LogP contribution in [0.15, 0.2) is 34.7 Å². The first-order valence-corrected chi connectivity index (χ1v) is 9.22. The van der Waals surface area contributed by atoms with Gasteiger partial charge in [-0.25, -0.2) is 9.78 Å². The topological polar surface area (TPSA) is 79.7 Å². The molecule has 0 aliphatic heterocycles. The molecule has 0 aliphatic rings. The van der Waals surface area contributed by atoms with Crippen LogP contribution in [0.3, 0.4) is 0 Å². The molecule has 142 valence electrons. The van der Waals surface area contributed by atoms with Gasteiger partial charge in [-0.15, -0.1) is 11.3 Å². The van der Waals surface area contributed by atoms with Crippen LogP contribution < -0.4 is 15.0 Å². The van der Waals surface area contributed by atoms with Crippen LogP contribution in [0.4, 0.5) is 0 Å². The molecule has 3 aromatic rings. The van der Waals surface area contributed by atoms with Crippen LogP contribution in [0.5, 0.6) is 11.5 Å². The maximum absolute atomic E-state index is 13.1. The predicted octanol–water partition coefficient (Wildman–Crippen LogP) is 3.27. The Bertz CT molecular complexity index is 1040. The van der Waals surface area contributed by atoms with Crippen LogP contribution >= 0.6 is 11.3 Å². The van der Waals surface area contributed by atoms with Crippen molar-refractivity contribution in [3.8, 4) is 22.6 Å². The van der Waals surface area contributed by atoms with E-state index in [2.05, 4.69) is 4.98 Å². The van der Waals surface area contributed by atoms with E-state index in [1.807, 2.05) is 24.4 Å². The predicted molar refractivity (Wildman–Crippen MR) is 104 cm³/mol. The second kappa shape index (κ2) is 7.79. The number of carbonyl (C=O) groups is 1. The van der Waals surface area contributed by atoms with Crippen molar-refractivity contribution in [3.63, 3.8) is 0 Å². The minimum absolute atomic E-state index is 0.275. The van der Waals surface area contributed by atoms with Gasteiger partial charge in [-0.2, -0.15) is 0 Å². The third-order valence-electron chi connectivity index (χ3n) is 4.41. The van der Waals surface area contributed by atoms with Crippen molar-refractivity contribution in [1.82, 2.24) is 9.55 Å². The number of benzene rings is 1. The maximum atomic E-state index is 13.1. The minimum atomic E-state index is -0.711. The summed E-state index contributed by atoms with van der Waals surface area (Å²) in [5, 5.41) is 2.35. The summed E-state index contributed by atoms with van der Waals surface area (Å²) in [6, 6.07) is 4.75. The molecule has 1 aromatic carbocycles. The number of methoxy groups -OCH3 is 3. The fourth-order valence-corrected chi connectivity index (χ4v) is 3.90. The Hall–Kier alpha value is -2.87. The zero-order valence-electron chi connectivity index (χ0n) is 15.5. The third-order valence-corrected chi connectivity index (χ3v) is 5.30. The normalized spacial score (nSPS) is 12.0. The van der Waals surface area contributed by atoms with Crippen LogP contribution in [0.2, 0.25) is 0 Å². The zero-order chi connectivity index (χ0) is 19.6. The number of thiophene rings is 1. The summed E-state index contributed by atoms with van der Waals surface area (Å²) in [5.74, 6) is 0.705. The van der Waals surface area contributed by atoms with Gasteiger partial charge in [0.1, 0.15) is 10.9 Å². The molecule has 0 fully saturated rings. The number of ether oxygens (including phenoxy) is 3. The van der Waals surface area contributed by atoms with E-state index in [9.17, 15) is 9.59 Å². The highest BCUT2D eigenvalue weighted by molar-refractivity contribution is 7.17. The van der Waals surface area contributed by atoms with Gasteiger partial charge in [0.05, 0.1) is 33.0 Å². The van der Waals surface area contributed by atoms with E-state index in [4.69, 9.17) is 14.2 Å². The molecule has 0 amide bonds. The van der Waals surface area contributed by atoms with E-state index in [-0.39, 0.29) is 5.56 Å². The molecule has 0 spiro atoms. The quantitative estimate of drug-likeness (QED) is 0.603. The van der Waals surface area contributed by atoms with Gasteiger partial charge in [-0.3, -0.25) is 9.36 Å². The van der Waals surface area contributed by atoms with Crippen molar-refractivity contribution in [1.29, 1.82) is 0 Å². The Morgan fingerprint density at radius 1 is 1.22 bits per heavy atom. The number of fused-ring (bicyclic) bond motifs is 1. The fourth-order valence-electron chi connectivity index (χ4n) is 3.00. The second-order valence-electron chi connectivity index (χ2n) is 5.80. The zero-order valence-corrected chi connectivity index (χ0v) is 16.3. The highest BCUT2D eigenvalue weighted by atomic mass is 32.1. The van der Waals surface area contributed by atoms with Crippen molar-refractivity contribution in [2.75, 3.05) is 21.3 Å². The van der Waals surface area contributed by atoms with Gasteiger partial charge in [-0.1, -0.05) is 13.0 Å². The average Bonchev–Trinajstić information content (AvgIpc) is 3.14. The van der Waals surface area contributed by atoms with Crippen molar-refractivity contribution < 1.29 is 19.0 Å². The molecule has 0 saturated carbocycles. The lowest BCUT2D eigenvalue weighted by molar-refractivity contribution is -0.144. The molecule has 3 rings (SSSR count).